The van der Waals surface area contributed by atoms with Gasteiger partial charge in [0.05, 0.1) is 0 Å². The number of hydrogen-bond acceptors (Lipinski definition) is 1. The summed E-state index contributed by atoms with van der Waals surface area (Å²) in [6.45, 7) is 0. The lowest BCUT2D eigenvalue weighted by Crippen LogP contribution is -1.89. The highest BCUT2D eigenvalue weighted by molar-refractivity contribution is 6.34. The van der Waals surface area contributed by atoms with Gasteiger partial charge in [0, 0.05) is 10.8 Å². The van der Waals surface area contributed by atoms with Crippen molar-refractivity contribution in [3.05, 3.63) is 267 Å². The molecule has 0 aliphatic rings. The van der Waals surface area contributed by atoms with Gasteiger partial charge in [0.2, 0.25) is 0 Å². The van der Waals surface area contributed by atoms with Gasteiger partial charge in [0.1, 0.15) is 11.2 Å². The minimum atomic E-state index is 0.887. The molecule has 0 aliphatic carbocycles. The van der Waals surface area contributed by atoms with Gasteiger partial charge in [-0.1, -0.05) is 206 Å². The molecule has 77 heavy (non-hydrogen) atoms. The fourth-order valence-electron chi connectivity index (χ4n) is 13.3. The lowest BCUT2D eigenvalue weighted by molar-refractivity contribution is 0.669. The van der Waals surface area contributed by atoms with Gasteiger partial charge in [0.25, 0.3) is 0 Å². The predicted octanol–water partition coefficient (Wildman–Crippen LogP) is 21.8. The Morgan fingerprint density at radius 2 is 0.442 bits per heavy atom. The van der Waals surface area contributed by atoms with Crippen LogP contribution in [0.25, 0.3) is 174 Å². The van der Waals surface area contributed by atoms with Gasteiger partial charge >= 0.3 is 0 Å². The molecule has 0 saturated heterocycles. The molecule has 0 saturated carbocycles. The van der Waals surface area contributed by atoms with Crippen LogP contribution in [-0.4, -0.2) is 0 Å². The molecule has 0 unspecified atom stereocenters. The highest BCUT2D eigenvalue weighted by atomic mass is 16.3. The van der Waals surface area contributed by atoms with Crippen molar-refractivity contribution in [1.82, 2.24) is 0 Å². The second-order valence-electron chi connectivity index (χ2n) is 21.0. The van der Waals surface area contributed by atoms with E-state index in [2.05, 4.69) is 267 Å². The van der Waals surface area contributed by atoms with Crippen LogP contribution >= 0.6 is 0 Å². The molecular formula is C76H44O. The second-order valence-corrected chi connectivity index (χ2v) is 21.0. The maximum Gasteiger partial charge on any atom is 0.136 e. The van der Waals surface area contributed by atoms with Crippen molar-refractivity contribution in [1.29, 1.82) is 0 Å². The molecule has 17 rings (SSSR count). The molecule has 0 amide bonds. The Kier molecular flexibility index (Phi) is 8.90. The molecule has 354 valence electrons. The molecule has 0 fully saturated rings. The van der Waals surface area contributed by atoms with Crippen molar-refractivity contribution in [3.8, 4) is 44.5 Å². The van der Waals surface area contributed by atoms with Crippen molar-refractivity contribution in [2.24, 2.45) is 0 Å². The molecule has 1 heterocycles. The van der Waals surface area contributed by atoms with Gasteiger partial charge in [0.15, 0.2) is 0 Å². The zero-order chi connectivity index (χ0) is 50.3. The summed E-state index contributed by atoms with van der Waals surface area (Å²) >= 11 is 0. The fraction of sp³-hybridized carbons (Fsp3) is 0. The van der Waals surface area contributed by atoms with Crippen LogP contribution in [0.5, 0.6) is 0 Å². The summed E-state index contributed by atoms with van der Waals surface area (Å²) in [5, 5.41) is 27.7. The van der Waals surface area contributed by atoms with E-state index in [1.54, 1.807) is 0 Å². The molecule has 0 radical (unpaired) electrons. The zero-order valence-electron chi connectivity index (χ0n) is 41.8. The van der Waals surface area contributed by atoms with E-state index in [4.69, 9.17) is 4.42 Å². The lowest BCUT2D eigenvalue weighted by atomic mass is 9.87. The van der Waals surface area contributed by atoms with E-state index in [1.165, 1.54) is 130 Å². The molecule has 1 aromatic heterocycles. The molecule has 1 nitrogen and oxygen atoms in total. The van der Waals surface area contributed by atoms with Gasteiger partial charge in [-0.05, 0) is 213 Å². The molecular weight excluding hydrogens is 929 g/mol. The normalized spacial score (nSPS) is 12.2. The average molecular weight is 973 g/mol. The molecule has 0 aliphatic heterocycles. The maximum atomic E-state index is 6.77. The average Bonchev–Trinajstić information content (AvgIpc) is 3.96. The standard InChI is InChI=1S/C76H44O/c1-3-17-59-55(13-1)57-15-5-9-21-65(57)75-67-23-11-7-19-61(67)69(43-71(59)75)51-31-27-45-25-29-47(37-53(45)39-51)49-33-35-63-64-36-34-50(42-74(64)77-73(63)41-49)48-30-26-46-28-32-52(40-54(46)38-48)70-44-72-60-18-4-2-14-56(60)58-16-6-10-22-66(58)76(72)68-24-12-8-20-62(68)70/h1-44H. The first-order valence-electron chi connectivity index (χ1n) is 26.7. The summed E-state index contributed by atoms with van der Waals surface area (Å²) in [6.07, 6.45) is 0. The maximum absolute atomic E-state index is 6.77. The predicted molar refractivity (Wildman–Crippen MR) is 331 cm³/mol. The van der Waals surface area contributed by atoms with Crippen molar-refractivity contribution in [2.45, 2.75) is 0 Å². The first-order chi connectivity index (χ1) is 38.1. The molecule has 0 spiro atoms. The third kappa shape index (κ3) is 6.35. The van der Waals surface area contributed by atoms with E-state index in [0.29, 0.717) is 0 Å². The summed E-state index contributed by atoms with van der Waals surface area (Å²) in [5.41, 5.74) is 11.3. The topological polar surface area (TPSA) is 13.1 Å². The van der Waals surface area contributed by atoms with Crippen LogP contribution in [0.2, 0.25) is 0 Å². The van der Waals surface area contributed by atoms with Crippen molar-refractivity contribution in [3.63, 3.8) is 0 Å². The highest BCUT2D eigenvalue weighted by Crippen LogP contribution is 2.46. The number of rotatable bonds is 4. The summed E-state index contributed by atoms with van der Waals surface area (Å²) < 4.78 is 6.77. The van der Waals surface area contributed by atoms with E-state index in [0.717, 1.165) is 44.2 Å². The smallest absolute Gasteiger partial charge is 0.136 e. The Morgan fingerprint density at radius 3 is 0.831 bits per heavy atom. The van der Waals surface area contributed by atoms with Crippen LogP contribution in [-0.2, 0) is 0 Å². The monoisotopic (exact) mass is 972 g/mol. The van der Waals surface area contributed by atoms with Crippen LogP contribution in [0.1, 0.15) is 0 Å². The quantitative estimate of drug-likeness (QED) is 0.160. The van der Waals surface area contributed by atoms with E-state index >= 15 is 0 Å². The third-order valence-corrected chi connectivity index (χ3v) is 16.9. The van der Waals surface area contributed by atoms with Gasteiger partial charge in [-0.2, -0.15) is 0 Å². The number of furan rings is 1. The van der Waals surface area contributed by atoms with Crippen molar-refractivity contribution < 1.29 is 4.42 Å². The first kappa shape index (κ1) is 42.3. The largest absolute Gasteiger partial charge is 0.456 e. The first-order valence-corrected chi connectivity index (χ1v) is 26.7. The number of hydrogen-bond donors (Lipinski definition) is 0. The Labute approximate surface area is 443 Å². The molecule has 1 heteroatoms. The van der Waals surface area contributed by atoms with Gasteiger partial charge in [-0.15, -0.1) is 0 Å². The molecule has 0 bridgehead atoms. The Morgan fingerprint density at radius 1 is 0.169 bits per heavy atom. The Balaban J connectivity index is 0.735. The van der Waals surface area contributed by atoms with Crippen LogP contribution in [0.3, 0.4) is 0 Å². The van der Waals surface area contributed by atoms with Gasteiger partial charge < -0.3 is 4.42 Å². The van der Waals surface area contributed by atoms with E-state index in [-0.39, 0.29) is 0 Å². The van der Waals surface area contributed by atoms with Gasteiger partial charge in [-0.25, -0.2) is 0 Å². The van der Waals surface area contributed by atoms with Crippen LogP contribution < -0.4 is 0 Å². The lowest BCUT2D eigenvalue weighted by Gasteiger charge is -2.16. The van der Waals surface area contributed by atoms with E-state index < -0.39 is 0 Å². The number of benzene rings is 16. The fourth-order valence-corrected chi connectivity index (χ4v) is 13.3. The molecule has 0 N–H and O–H groups in total. The van der Waals surface area contributed by atoms with Gasteiger partial charge in [-0.3, -0.25) is 0 Å². The van der Waals surface area contributed by atoms with Crippen molar-refractivity contribution in [2.75, 3.05) is 0 Å². The summed E-state index contributed by atoms with van der Waals surface area (Å²) in [5.74, 6) is 0. The zero-order valence-corrected chi connectivity index (χ0v) is 41.8. The molecule has 16 aromatic carbocycles. The summed E-state index contributed by atoms with van der Waals surface area (Å²) in [6, 6.07) is 99.1. The minimum Gasteiger partial charge on any atom is -0.456 e. The molecule has 0 atom stereocenters. The Bertz CT molecular complexity index is 5070. The van der Waals surface area contributed by atoms with Crippen LogP contribution in [0.15, 0.2) is 271 Å². The minimum absolute atomic E-state index is 0.887. The third-order valence-electron chi connectivity index (χ3n) is 16.9. The summed E-state index contributed by atoms with van der Waals surface area (Å²) in [4.78, 5) is 0. The summed E-state index contributed by atoms with van der Waals surface area (Å²) in [7, 11) is 0. The Hall–Kier alpha value is -10.1. The van der Waals surface area contributed by atoms with E-state index in [1.807, 2.05) is 0 Å². The SMILES string of the molecule is c1ccc2c(c1)c(-c1ccc3ccc(-c4ccc5c(c4)oc4cc(-c6ccc7ccc(-c8cc9c%10ccccc%10c%10ccccc%10c9c9ccccc89)cc7c6)ccc45)cc3c1)cc1c3ccccc3c3ccccc3c21. The number of fused-ring (bicyclic) bond motifs is 21. The highest BCUT2D eigenvalue weighted by Gasteiger charge is 2.18. The van der Waals surface area contributed by atoms with Crippen molar-refractivity contribution >= 4 is 130 Å². The van der Waals surface area contributed by atoms with E-state index in [9.17, 15) is 0 Å². The van der Waals surface area contributed by atoms with Crippen LogP contribution in [0, 0.1) is 0 Å². The second kappa shape index (κ2) is 16.2. The van der Waals surface area contributed by atoms with Crippen LogP contribution in [0.4, 0.5) is 0 Å². The molecule has 17 aromatic rings.